The van der Waals surface area contributed by atoms with E-state index >= 15 is 0 Å². The molecule has 1 aliphatic rings. The van der Waals surface area contributed by atoms with Crippen LogP contribution in [0.3, 0.4) is 0 Å². The molecule has 0 spiro atoms. The topological polar surface area (TPSA) is 135 Å². The number of nitrogens with two attached hydrogens (primary N) is 1. The number of nitrogens with zero attached hydrogens (tertiary/aromatic N) is 4. The minimum atomic E-state index is -2.80. The highest BCUT2D eigenvalue weighted by Gasteiger charge is 2.32. The van der Waals surface area contributed by atoms with Gasteiger partial charge in [-0.1, -0.05) is 4.52 Å². The maximum Gasteiger partial charge on any atom is 0.697 e. The van der Waals surface area contributed by atoms with E-state index in [4.69, 9.17) is 20.1 Å². The molecule has 22 heavy (non-hydrogen) atoms. The van der Waals surface area contributed by atoms with E-state index in [0.29, 0.717) is 11.2 Å². The Bertz CT molecular complexity index is 752. The first-order valence-corrected chi connectivity index (χ1v) is 7.05. The first-order chi connectivity index (χ1) is 10.6. The maximum absolute atomic E-state index is 14.0. The minimum absolute atomic E-state index is 0.166. The summed E-state index contributed by atoms with van der Waals surface area (Å²) in [5.74, 6) is -0.464. The van der Waals surface area contributed by atoms with Crippen molar-refractivity contribution < 1.29 is 27.8 Å². The zero-order chi connectivity index (χ0) is 15.7. The van der Waals surface area contributed by atoms with Crippen LogP contribution in [0.25, 0.3) is 11.2 Å². The van der Waals surface area contributed by atoms with Gasteiger partial charge in [-0.25, -0.2) is 19.3 Å². The number of anilines is 1. The number of rotatable bonds is 5. The van der Waals surface area contributed by atoms with E-state index in [2.05, 4.69) is 19.5 Å². The van der Waals surface area contributed by atoms with Gasteiger partial charge in [0.05, 0.1) is 6.33 Å². The van der Waals surface area contributed by atoms with Crippen molar-refractivity contribution in [2.24, 2.45) is 0 Å². The SMILES string of the molecule is Nc1ncnc2c1ncn2[C@@H]1O[C@H](OCO[P+](=O)O)C=C1F. The van der Waals surface area contributed by atoms with Crippen molar-refractivity contribution in [2.45, 2.75) is 12.5 Å². The van der Waals surface area contributed by atoms with Gasteiger partial charge in [-0.15, -0.1) is 4.89 Å². The Labute approximate surface area is 123 Å². The summed E-state index contributed by atoms with van der Waals surface area (Å²) < 4.78 is 40.3. The van der Waals surface area contributed by atoms with Gasteiger partial charge in [0.2, 0.25) is 6.79 Å². The summed E-state index contributed by atoms with van der Waals surface area (Å²) in [6, 6.07) is 0. The summed E-state index contributed by atoms with van der Waals surface area (Å²) >= 11 is 0. The summed E-state index contributed by atoms with van der Waals surface area (Å²) in [5, 5.41) is 0. The van der Waals surface area contributed by atoms with Crippen molar-refractivity contribution >= 4 is 25.2 Å². The van der Waals surface area contributed by atoms with Gasteiger partial charge >= 0.3 is 8.25 Å². The van der Waals surface area contributed by atoms with E-state index in [1.54, 1.807) is 0 Å². The molecule has 0 saturated heterocycles. The van der Waals surface area contributed by atoms with Crippen molar-refractivity contribution in [1.29, 1.82) is 0 Å². The maximum atomic E-state index is 14.0. The number of aromatic nitrogens is 4. The molecule has 10 nitrogen and oxygen atoms in total. The van der Waals surface area contributed by atoms with Crippen LogP contribution in [0.15, 0.2) is 24.6 Å². The molecule has 1 aliphatic heterocycles. The Kier molecular flexibility index (Phi) is 4.05. The van der Waals surface area contributed by atoms with Crippen LogP contribution in [0.4, 0.5) is 10.2 Å². The number of ether oxygens (including phenoxy) is 2. The zero-order valence-corrected chi connectivity index (χ0v) is 11.8. The molecule has 0 aromatic carbocycles. The lowest BCUT2D eigenvalue weighted by Crippen LogP contribution is -2.16. The molecule has 2 aromatic rings. The third-order valence-corrected chi connectivity index (χ3v) is 3.16. The molecule has 0 saturated carbocycles. The van der Waals surface area contributed by atoms with Crippen LogP contribution in [0.1, 0.15) is 6.23 Å². The average Bonchev–Trinajstić information content (AvgIpc) is 3.03. The fourth-order valence-corrected chi connectivity index (χ4v) is 2.06. The largest absolute Gasteiger partial charge is 0.697 e. The number of halogens is 1. The standard InChI is InChI=1S/C10H9FN5O5P/c11-5-1-6(19-4-20-22(17)18)21-10(5)16-3-15-7-8(12)13-2-14-9(7)16/h1-3,6,10H,4H2,(H2-,12,13,14,17,18)/p+1/t6-,10+/m0/s1. The van der Waals surface area contributed by atoms with Crippen LogP contribution < -0.4 is 5.73 Å². The van der Waals surface area contributed by atoms with Crippen molar-refractivity contribution in [3.05, 3.63) is 24.6 Å². The van der Waals surface area contributed by atoms with Gasteiger partial charge < -0.3 is 15.2 Å². The first kappa shape index (κ1) is 14.9. The zero-order valence-electron chi connectivity index (χ0n) is 10.9. The highest BCUT2D eigenvalue weighted by Crippen LogP contribution is 2.33. The molecule has 0 bridgehead atoms. The molecule has 0 aliphatic carbocycles. The second-order valence-electron chi connectivity index (χ2n) is 4.14. The van der Waals surface area contributed by atoms with Crippen molar-refractivity contribution in [1.82, 2.24) is 19.5 Å². The van der Waals surface area contributed by atoms with Crippen molar-refractivity contribution in [3.8, 4) is 0 Å². The van der Waals surface area contributed by atoms with Crippen LogP contribution in [-0.4, -0.2) is 37.5 Å². The molecular weight excluding hydrogens is 320 g/mol. The summed E-state index contributed by atoms with van der Waals surface area (Å²) in [6.45, 7) is -0.521. The Hall–Kier alpha value is -2.04. The molecule has 12 heteroatoms. The molecular formula is C10H10FN5O5P+. The summed E-state index contributed by atoms with van der Waals surface area (Å²) in [7, 11) is -2.80. The Morgan fingerprint density at radius 2 is 2.32 bits per heavy atom. The normalized spacial score (nSPS) is 22.1. The fraction of sp³-hybridized carbons (Fsp3) is 0.300. The van der Waals surface area contributed by atoms with E-state index in [1.165, 1.54) is 17.2 Å². The molecule has 3 atom stereocenters. The van der Waals surface area contributed by atoms with E-state index < -0.39 is 33.4 Å². The second kappa shape index (κ2) is 5.99. The highest BCUT2D eigenvalue weighted by molar-refractivity contribution is 7.32. The molecule has 3 heterocycles. The molecule has 0 amide bonds. The van der Waals surface area contributed by atoms with E-state index in [1.807, 2.05) is 0 Å². The fourth-order valence-electron chi connectivity index (χ4n) is 1.91. The second-order valence-corrected chi connectivity index (χ2v) is 4.88. The number of imidazole rings is 1. The van der Waals surface area contributed by atoms with Crippen LogP contribution >= 0.6 is 8.25 Å². The van der Waals surface area contributed by atoms with Gasteiger partial charge in [-0.05, 0) is 0 Å². The first-order valence-electron chi connectivity index (χ1n) is 5.92. The molecule has 0 radical (unpaired) electrons. The summed E-state index contributed by atoms with van der Waals surface area (Å²) in [6.07, 6.45) is 1.40. The Balaban J connectivity index is 1.77. The Morgan fingerprint density at radius 3 is 3.09 bits per heavy atom. The molecule has 3 rings (SSSR count). The predicted molar refractivity (Wildman–Crippen MR) is 69.7 cm³/mol. The van der Waals surface area contributed by atoms with E-state index in [-0.39, 0.29) is 5.82 Å². The van der Waals surface area contributed by atoms with Crippen molar-refractivity contribution in [3.63, 3.8) is 0 Å². The predicted octanol–water partition coefficient (Wildman–Crippen LogP) is 0.757. The highest BCUT2D eigenvalue weighted by atomic mass is 31.1. The third-order valence-electron chi connectivity index (χ3n) is 2.83. The monoisotopic (exact) mass is 330 g/mol. The molecule has 0 fully saturated rings. The number of hydrogen-bond acceptors (Lipinski definition) is 8. The molecule has 3 N–H and O–H groups in total. The van der Waals surface area contributed by atoms with Gasteiger partial charge in [0.1, 0.15) is 11.8 Å². The third kappa shape index (κ3) is 2.80. The van der Waals surface area contributed by atoms with Gasteiger partial charge in [0, 0.05) is 10.6 Å². The van der Waals surface area contributed by atoms with E-state index in [0.717, 1.165) is 6.08 Å². The summed E-state index contributed by atoms with van der Waals surface area (Å²) in [5.41, 5.74) is 6.28. The van der Waals surface area contributed by atoms with E-state index in [9.17, 15) is 8.96 Å². The number of nitrogen functional groups attached to an aromatic ring is 1. The van der Waals surface area contributed by atoms with Crippen LogP contribution in [0.2, 0.25) is 0 Å². The summed E-state index contributed by atoms with van der Waals surface area (Å²) in [4.78, 5) is 20.2. The smallest absolute Gasteiger partial charge is 0.382 e. The van der Waals surface area contributed by atoms with Crippen molar-refractivity contribution in [2.75, 3.05) is 12.5 Å². The molecule has 116 valence electrons. The van der Waals surface area contributed by atoms with Gasteiger partial charge in [-0.2, -0.15) is 0 Å². The molecule has 2 aromatic heterocycles. The lowest BCUT2D eigenvalue weighted by atomic mass is 10.4. The number of hydrogen-bond donors (Lipinski definition) is 2. The van der Waals surface area contributed by atoms with Gasteiger partial charge in [0.25, 0.3) is 0 Å². The van der Waals surface area contributed by atoms with Crippen LogP contribution in [-0.2, 0) is 18.6 Å². The van der Waals surface area contributed by atoms with Crippen LogP contribution in [0.5, 0.6) is 0 Å². The lowest BCUT2D eigenvalue weighted by Gasteiger charge is -2.15. The number of fused-ring (bicyclic) bond motifs is 1. The quantitative estimate of drug-likeness (QED) is 0.601. The lowest BCUT2D eigenvalue weighted by molar-refractivity contribution is -0.168. The van der Waals surface area contributed by atoms with Crippen LogP contribution in [0, 0.1) is 0 Å². The van der Waals surface area contributed by atoms with Gasteiger partial charge in [0.15, 0.2) is 29.8 Å². The minimum Gasteiger partial charge on any atom is -0.382 e. The average molecular weight is 330 g/mol. The molecule has 1 unspecified atom stereocenters. The van der Waals surface area contributed by atoms with Gasteiger partial charge in [-0.3, -0.25) is 4.57 Å². The Morgan fingerprint density at radius 1 is 1.50 bits per heavy atom.